The maximum Gasteiger partial charge on any atom is -0.0140 e. The van der Waals surface area contributed by atoms with Gasteiger partial charge in [-0.15, -0.1) is 17.0 Å². The van der Waals surface area contributed by atoms with Gasteiger partial charge in [-0.25, -0.2) is 0 Å². The molecule has 0 atom stereocenters. The molecule has 70 valence electrons. The first-order valence-corrected chi connectivity index (χ1v) is 4.34. The lowest BCUT2D eigenvalue weighted by atomic mass is 10.0. The highest BCUT2D eigenvalue weighted by Crippen LogP contribution is 2.15. The molecule has 0 aromatic heterocycles. The minimum absolute atomic E-state index is 0. The molecular weight excluding hydrogens is 202 g/mol. The predicted molar refractivity (Wildman–Crippen MR) is 57.6 cm³/mol. The summed E-state index contributed by atoms with van der Waals surface area (Å²) in [7, 11) is 6.00. The van der Waals surface area contributed by atoms with Gasteiger partial charge >= 0.3 is 0 Å². The molecule has 0 aromatic carbocycles. The predicted octanol–water partition coefficient (Wildman–Crippen LogP) is 3.10. The van der Waals surface area contributed by atoms with Crippen LogP contribution < -0.4 is 0 Å². The third-order valence-corrected chi connectivity index (χ3v) is 1.50. The fraction of sp³-hybridized carbons (Fsp3) is 1.00. The quantitative estimate of drug-likeness (QED) is 0.611. The molecule has 0 N–H and O–H groups in total. The maximum absolute atomic E-state index is 2.00. The zero-order chi connectivity index (χ0) is 7.82. The summed E-state index contributed by atoms with van der Waals surface area (Å²) < 4.78 is 0. The largest absolute Gasteiger partial charge is 0.312 e. The molecule has 0 saturated heterocycles. The first-order chi connectivity index (χ1) is 4.73. The van der Waals surface area contributed by atoms with Gasteiger partial charge in [-0.2, -0.15) is 0 Å². The van der Waals surface area contributed by atoms with Gasteiger partial charge in [-0.1, -0.05) is 38.5 Å². The molecule has 1 fully saturated rings. The van der Waals surface area contributed by atoms with Crippen LogP contribution in [0.15, 0.2) is 0 Å². The second kappa shape index (κ2) is 10.4. The first kappa shape index (κ1) is 14.0. The van der Waals surface area contributed by atoms with E-state index in [9.17, 15) is 0 Å². The van der Waals surface area contributed by atoms with E-state index < -0.39 is 0 Å². The highest BCUT2D eigenvalue weighted by molar-refractivity contribution is 8.93. The number of hydrogen-bond acceptors (Lipinski definition) is 1. The van der Waals surface area contributed by atoms with Gasteiger partial charge < -0.3 is 4.90 Å². The summed E-state index contributed by atoms with van der Waals surface area (Å²) in [4.78, 5) is 2.00. The number of rotatable bonds is 0. The molecule has 0 amide bonds. The Morgan fingerprint density at radius 3 is 0.818 bits per heavy atom. The van der Waals surface area contributed by atoms with Gasteiger partial charge in [0.15, 0.2) is 0 Å². The van der Waals surface area contributed by atoms with E-state index >= 15 is 0 Å². The van der Waals surface area contributed by atoms with Gasteiger partial charge in [0, 0.05) is 0 Å². The van der Waals surface area contributed by atoms with Crippen LogP contribution >= 0.6 is 17.0 Å². The van der Waals surface area contributed by atoms with Crippen LogP contribution in [0.3, 0.4) is 0 Å². The summed E-state index contributed by atoms with van der Waals surface area (Å²) in [5.74, 6) is 0. The Labute approximate surface area is 81.9 Å². The molecule has 2 heteroatoms. The molecule has 0 spiro atoms. The first-order valence-electron chi connectivity index (χ1n) is 4.34. The topological polar surface area (TPSA) is 3.24 Å². The van der Waals surface area contributed by atoms with Crippen molar-refractivity contribution in [3.05, 3.63) is 0 Å². The highest BCUT2D eigenvalue weighted by Gasteiger charge is 1.95. The summed E-state index contributed by atoms with van der Waals surface area (Å²) in [5, 5.41) is 0. The Morgan fingerprint density at radius 1 is 0.636 bits per heavy atom. The average Bonchev–Trinajstić information content (AvgIpc) is 1.90. The Kier molecular flexibility index (Phi) is 13.3. The van der Waals surface area contributed by atoms with Crippen LogP contribution in [-0.4, -0.2) is 26.0 Å². The smallest absolute Gasteiger partial charge is 0.0140 e. The molecule has 1 saturated carbocycles. The number of hydrogen-bond donors (Lipinski definition) is 0. The van der Waals surface area contributed by atoms with E-state index in [1.165, 1.54) is 38.5 Å². The minimum Gasteiger partial charge on any atom is -0.312 e. The second-order valence-corrected chi connectivity index (χ2v) is 3.46. The molecule has 1 rings (SSSR count). The normalized spacial score (nSPS) is 16.4. The Morgan fingerprint density at radius 2 is 0.727 bits per heavy atom. The van der Waals surface area contributed by atoms with Crippen molar-refractivity contribution >= 4 is 17.0 Å². The van der Waals surface area contributed by atoms with Crippen LogP contribution in [0.25, 0.3) is 0 Å². The molecule has 0 unspecified atom stereocenters. The van der Waals surface area contributed by atoms with Crippen molar-refractivity contribution in [2.75, 3.05) is 21.1 Å². The van der Waals surface area contributed by atoms with Crippen molar-refractivity contribution < 1.29 is 0 Å². The van der Waals surface area contributed by atoms with Crippen molar-refractivity contribution in [3.63, 3.8) is 0 Å². The third kappa shape index (κ3) is 17.9. The highest BCUT2D eigenvalue weighted by atomic mass is 79.9. The van der Waals surface area contributed by atoms with E-state index in [0.29, 0.717) is 0 Å². The van der Waals surface area contributed by atoms with Gasteiger partial charge in [0.1, 0.15) is 0 Å². The van der Waals surface area contributed by atoms with E-state index in [0.717, 1.165) is 0 Å². The summed E-state index contributed by atoms with van der Waals surface area (Å²) >= 11 is 0. The zero-order valence-corrected chi connectivity index (χ0v) is 9.81. The van der Waals surface area contributed by atoms with Crippen LogP contribution in [0.5, 0.6) is 0 Å². The number of halogens is 1. The lowest BCUT2D eigenvalue weighted by Crippen LogP contribution is -1.99. The molecule has 1 nitrogen and oxygen atoms in total. The Bertz CT molecular complexity index is 46.3. The molecule has 1 aliphatic carbocycles. The van der Waals surface area contributed by atoms with E-state index in [1.54, 1.807) is 0 Å². The molecule has 0 heterocycles. The van der Waals surface area contributed by atoms with E-state index in [1.807, 2.05) is 26.0 Å². The minimum atomic E-state index is 0. The van der Waals surface area contributed by atoms with Gasteiger partial charge in [0.25, 0.3) is 0 Å². The van der Waals surface area contributed by atoms with Gasteiger partial charge in [0.2, 0.25) is 0 Å². The van der Waals surface area contributed by atoms with Crippen LogP contribution in [-0.2, 0) is 0 Å². The fourth-order valence-corrected chi connectivity index (χ4v) is 1.06. The van der Waals surface area contributed by atoms with Gasteiger partial charge in [-0.05, 0) is 21.1 Å². The molecule has 0 bridgehead atoms. The van der Waals surface area contributed by atoms with Crippen molar-refractivity contribution in [2.45, 2.75) is 38.5 Å². The van der Waals surface area contributed by atoms with Crippen molar-refractivity contribution in [3.8, 4) is 0 Å². The average molecular weight is 224 g/mol. The molecule has 0 radical (unpaired) electrons. The van der Waals surface area contributed by atoms with Crippen molar-refractivity contribution in [2.24, 2.45) is 0 Å². The molecule has 1 aliphatic rings. The Hall–Kier alpha value is 0.440. The summed E-state index contributed by atoms with van der Waals surface area (Å²) in [6.07, 6.45) is 9.00. The second-order valence-electron chi connectivity index (χ2n) is 3.46. The molecule has 0 aromatic rings. The molecule has 0 aliphatic heterocycles. The zero-order valence-electron chi connectivity index (χ0n) is 8.10. The van der Waals surface area contributed by atoms with Crippen molar-refractivity contribution in [1.82, 2.24) is 4.90 Å². The van der Waals surface area contributed by atoms with Crippen LogP contribution in [0.1, 0.15) is 38.5 Å². The lowest BCUT2D eigenvalue weighted by molar-refractivity contribution is 0.504. The summed E-state index contributed by atoms with van der Waals surface area (Å²) in [5.41, 5.74) is 0. The van der Waals surface area contributed by atoms with E-state index in [2.05, 4.69) is 0 Å². The maximum atomic E-state index is 2.00. The molecular formula is C9H22BrN. The third-order valence-electron chi connectivity index (χ3n) is 1.50. The van der Waals surface area contributed by atoms with Crippen LogP contribution in [0.4, 0.5) is 0 Å². The van der Waals surface area contributed by atoms with Gasteiger partial charge in [0.05, 0.1) is 0 Å². The van der Waals surface area contributed by atoms with Gasteiger partial charge in [-0.3, -0.25) is 0 Å². The number of nitrogens with zero attached hydrogens (tertiary/aromatic N) is 1. The van der Waals surface area contributed by atoms with E-state index in [-0.39, 0.29) is 17.0 Å². The summed E-state index contributed by atoms with van der Waals surface area (Å²) in [6, 6.07) is 0. The fourth-order valence-electron chi connectivity index (χ4n) is 1.06. The Balaban J connectivity index is 0. The standard InChI is InChI=1S/C6H12.C3H9N.BrH/c1-2-4-6-5-3-1;1-4(2)3;/h1-6H2;1-3H3;1H. The SMILES string of the molecule is Br.C1CCCCC1.CN(C)C. The van der Waals surface area contributed by atoms with Crippen LogP contribution in [0, 0.1) is 0 Å². The van der Waals surface area contributed by atoms with E-state index in [4.69, 9.17) is 0 Å². The lowest BCUT2D eigenvalue weighted by Gasteiger charge is -2.05. The van der Waals surface area contributed by atoms with Crippen molar-refractivity contribution in [1.29, 1.82) is 0 Å². The monoisotopic (exact) mass is 223 g/mol. The van der Waals surface area contributed by atoms with Crippen LogP contribution in [0.2, 0.25) is 0 Å². The summed E-state index contributed by atoms with van der Waals surface area (Å²) in [6.45, 7) is 0. The molecule has 11 heavy (non-hydrogen) atoms.